The number of fused-ring (bicyclic) bond motifs is 1. The van der Waals surface area contributed by atoms with Crippen LogP contribution in [-0.4, -0.2) is 23.3 Å². The van der Waals surface area contributed by atoms with E-state index in [1.807, 2.05) is 48.5 Å². The second-order valence-corrected chi connectivity index (χ2v) is 8.01. The number of hydrogen-bond acceptors (Lipinski definition) is 6. The van der Waals surface area contributed by atoms with E-state index in [0.717, 1.165) is 27.5 Å². The smallest absolute Gasteiger partial charge is 0.302 e. The van der Waals surface area contributed by atoms with E-state index in [2.05, 4.69) is 49.8 Å². The lowest BCUT2D eigenvalue weighted by Gasteiger charge is -2.24. The highest BCUT2D eigenvalue weighted by atomic mass is 127. The van der Waals surface area contributed by atoms with Gasteiger partial charge in [0.1, 0.15) is 5.52 Å². The number of ketones is 1. The number of aromatic nitrogens is 1. The normalized spacial score (nSPS) is 18.2. The van der Waals surface area contributed by atoms with Crippen LogP contribution >= 0.6 is 22.6 Å². The quantitative estimate of drug-likeness (QED) is 0.389. The summed E-state index contributed by atoms with van der Waals surface area (Å²) in [5, 5.41) is 6.51. The van der Waals surface area contributed by atoms with Crippen LogP contribution in [0, 0.1) is 3.57 Å². The summed E-state index contributed by atoms with van der Waals surface area (Å²) in [6.07, 6.45) is 2.10. The Morgan fingerprint density at radius 2 is 1.93 bits per heavy atom. The van der Waals surface area contributed by atoms with Crippen molar-refractivity contribution >= 4 is 51.4 Å². The van der Waals surface area contributed by atoms with Crippen LogP contribution in [-0.2, 0) is 4.79 Å². The molecule has 29 heavy (non-hydrogen) atoms. The fourth-order valence-electron chi connectivity index (χ4n) is 3.26. The van der Waals surface area contributed by atoms with Crippen molar-refractivity contribution in [3.05, 3.63) is 69.8 Å². The number of hydrogen-bond donors (Lipinski definition) is 2. The van der Waals surface area contributed by atoms with E-state index >= 15 is 0 Å². The molecule has 4 rings (SSSR count). The first-order valence-corrected chi connectivity index (χ1v) is 10.6. The van der Waals surface area contributed by atoms with E-state index in [-0.39, 0.29) is 11.8 Å². The van der Waals surface area contributed by atoms with Crippen LogP contribution in [0.15, 0.2) is 70.1 Å². The third-order valence-electron chi connectivity index (χ3n) is 4.80. The van der Waals surface area contributed by atoms with Gasteiger partial charge in [0, 0.05) is 22.1 Å². The number of anilines is 1. The third kappa shape index (κ3) is 4.50. The summed E-state index contributed by atoms with van der Waals surface area (Å²) < 4.78 is 6.83. The van der Waals surface area contributed by atoms with Gasteiger partial charge in [-0.15, -0.1) is 0 Å². The van der Waals surface area contributed by atoms with Crippen molar-refractivity contribution in [3.63, 3.8) is 0 Å². The summed E-state index contributed by atoms with van der Waals surface area (Å²) in [5.41, 5.74) is 2.98. The molecule has 0 spiro atoms. The molecule has 0 bridgehead atoms. The summed E-state index contributed by atoms with van der Waals surface area (Å²) in [6.45, 7) is 4.71. The van der Waals surface area contributed by atoms with E-state index in [9.17, 15) is 4.79 Å². The van der Waals surface area contributed by atoms with Crippen molar-refractivity contribution in [3.8, 4) is 0 Å². The number of Topliss-reactive ketones (excluding diaryl/α,β-unsaturated/α-hetero) is 1. The number of aliphatic imine (C=N–C) groups is 1. The van der Waals surface area contributed by atoms with E-state index in [0.29, 0.717) is 36.1 Å². The molecule has 0 saturated heterocycles. The van der Waals surface area contributed by atoms with Gasteiger partial charge in [-0.3, -0.25) is 15.1 Å². The number of carbonyl (C=O) groups excluding carboxylic acids is 1. The average molecular weight is 500 g/mol. The summed E-state index contributed by atoms with van der Waals surface area (Å²) in [5.74, 6) is 0.585. The number of nitrogens with zero attached hydrogens (tertiary/aromatic N) is 2. The van der Waals surface area contributed by atoms with Gasteiger partial charge < -0.3 is 9.73 Å². The van der Waals surface area contributed by atoms with Crippen molar-refractivity contribution in [2.75, 3.05) is 11.9 Å². The Hall–Kier alpha value is -2.68. The Bertz CT molecular complexity index is 1060. The molecule has 148 valence electrons. The van der Waals surface area contributed by atoms with Crippen molar-refractivity contribution in [2.45, 2.75) is 25.3 Å². The lowest BCUT2D eigenvalue weighted by Crippen LogP contribution is -2.37. The second-order valence-electron chi connectivity index (χ2n) is 6.85. The van der Waals surface area contributed by atoms with Crippen LogP contribution in [0.5, 0.6) is 0 Å². The number of carbonyl (C=O) groups is 1. The number of guanidine groups is 1. The largest absolute Gasteiger partial charge is 0.423 e. The van der Waals surface area contributed by atoms with Gasteiger partial charge in [0.2, 0.25) is 0 Å². The summed E-state index contributed by atoms with van der Waals surface area (Å²) >= 11 is 2.28. The Morgan fingerprint density at radius 1 is 1.14 bits per heavy atom. The molecule has 2 aromatic carbocycles. The van der Waals surface area contributed by atoms with E-state index in [4.69, 9.17) is 4.42 Å². The first kappa shape index (κ1) is 19.6. The molecular formula is C22H21IN4O2. The lowest BCUT2D eigenvalue weighted by molar-refractivity contribution is -0.116. The molecule has 1 aliphatic heterocycles. The van der Waals surface area contributed by atoms with Crippen LogP contribution in [0.3, 0.4) is 0 Å². The highest BCUT2D eigenvalue weighted by Gasteiger charge is 2.25. The molecule has 1 unspecified atom stereocenters. The number of benzene rings is 2. The number of nitrogens with one attached hydrogen (secondary N) is 2. The van der Waals surface area contributed by atoms with Gasteiger partial charge in [0.05, 0.1) is 6.04 Å². The van der Waals surface area contributed by atoms with Crippen molar-refractivity contribution in [2.24, 2.45) is 4.99 Å². The molecule has 6 nitrogen and oxygen atoms in total. The second kappa shape index (κ2) is 8.77. The minimum Gasteiger partial charge on any atom is -0.423 e. The molecule has 1 aromatic heterocycles. The van der Waals surface area contributed by atoms with Crippen molar-refractivity contribution in [1.29, 1.82) is 0 Å². The molecule has 1 aliphatic rings. The van der Waals surface area contributed by atoms with Crippen LogP contribution in [0.4, 0.5) is 6.01 Å². The molecule has 1 atom stereocenters. The summed E-state index contributed by atoms with van der Waals surface area (Å²) in [7, 11) is 0. The van der Waals surface area contributed by atoms with E-state index in [1.165, 1.54) is 0 Å². The zero-order valence-electron chi connectivity index (χ0n) is 15.8. The van der Waals surface area contributed by atoms with Gasteiger partial charge >= 0.3 is 6.01 Å². The fourth-order valence-corrected chi connectivity index (χ4v) is 3.96. The number of para-hydroxylation sites is 2. The highest BCUT2D eigenvalue weighted by Crippen LogP contribution is 2.28. The van der Waals surface area contributed by atoms with Gasteiger partial charge in [-0.25, -0.2) is 0 Å². The molecule has 0 amide bonds. The maximum Gasteiger partial charge on any atom is 0.302 e. The van der Waals surface area contributed by atoms with E-state index < -0.39 is 0 Å². The zero-order chi connectivity index (χ0) is 20.2. The van der Waals surface area contributed by atoms with Crippen LogP contribution in [0.25, 0.3) is 11.1 Å². The van der Waals surface area contributed by atoms with Crippen molar-refractivity contribution < 1.29 is 9.21 Å². The third-order valence-corrected chi connectivity index (χ3v) is 5.79. The number of rotatable bonds is 2. The van der Waals surface area contributed by atoms with Crippen LogP contribution in [0.1, 0.15) is 30.9 Å². The van der Waals surface area contributed by atoms with Crippen LogP contribution in [0.2, 0.25) is 0 Å². The lowest BCUT2D eigenvalue weighted by atomic mass is 9.94. The minimum atomic E-state index is -0.385. The standard InChI is InChI=1S/C22H21IN4O2/c1-14-18(28)11-6-7-13-24-21(26-20(14)15-8-2-3-9-16(15)23)27-22-25-17-10-4-5-12-19(17)29-22/h2-5,8-10,12,20H,1,6-7,11,13H2,(H2,24,25,26,27). The maximum atomic E-state index is 12.7. The predicted molar refractivity (Wildman–Crippen MR) is 123 cm³/mol. The molecule has 7 heteroatoms. The van der Waals surface area contributed by atoms with Gasteiger partial charge in [-0.1, -0.05) is 36.9 Å². The Kier molecular flexibility index (Phi) is 5.94. The monoisotopic (exact) mass is 500 g/mol. The van der Waals surface area contributed by atoms with Gasteiger partial charge in [0.15, 0.2) is 17.3 Å². The molecule has 2 heterocycles. The van der Waals surface area contributed by atoms with Crippen LogP contribution < -0.4 is 10.6 Å². The fraction of sp³-hybridized carbons (Fsp3) is 0.227. The molecule has 3 aromatic rings. The van der Waals surface area contributed by atoms with Gasteiger partial charge in [-0.2, -0.15) is 4.98 Å². The first-order valence-electron chi connectivity index (χ1n) is 9.52. The predicted octanol–water partition coefficient (Wildman–Crippen LogP) is 4.84. The average Bonchev–Trinajstić information content (AvgIpc) is 3.13. The van der Waals surface area contributed by atoms with Gasteiger partial charge in [-0.05, 0) is 59.2 Å². The molecule has 0 radical (unpaired) electrons. The highest BCUT2D eigenvalue weighted by molar-refractivity contribution is 14.1. The minimum absolute atomic E-state index is 0.0743. The Balaban J connectivity index is 1.67. The molecule has 0 fully saturated rings. The Labute approximate surface area is 182 Å². The Morgan fingerprint density at radius 3 is 2.76 bits per heavy atom. The first-order chi connectivity index (χ1) is 14.1. The number of halogens is 1. The van der Waals surface area contributed by atoms with E-state index in [1.54, 1.807) is 0 Å². The topological polar surface area (TPSA) is 79.5 Å². The molecule has 0 saturated carbocycles. The van der Waals surface area contributed by atoms with Crippen molar-refractivity contribution in [1.82, 2.24) is 10.3 Å². The zero-order valence-corrected chi connectivity index (χ0v) is 18.0. The molecule has 2 N–H and O–H groups in total. The SMILES string of the molecule is C=C1C(=O)CCCCN=C(Nc2nc3ccccc3o2)NC1c1ccccc1I. The molecular weight excluding hydrogens is 479 g/mol. The number of oxazole rings is 1. The molecule has 0 aliphatic carbocycles. The summed E-state index contributed by atoms with van der Waals surface area (Å²) in [4.78, 5) is 21.8. The maximum absolute atomic E-state index is 12.7. The van der Waals surface area contributed by atoms with Gasteiger partial charge in [0.25, 0.3) is 0 Å². The summed E-state index contributed by atoms with van der Waals surface area (Å²) in [6, 6.07) is 15.5.